The zero-order valence-corrected chi connectivity index (χ0v) is 18.8. The molecule has 5 rings (SSSR count). The van der Waals surface area contributed by atoms with Gasteiger partial charge in [0.15, 0.2) is 18.2 Å². The second-order valence-electron chi connectivity index (χ2n) is 8.30. The maximum absolute atomic E-state index is 11.5. The Kier molecular flexibility index (Phi) is 6.19. The van der Waals surface area contributed by atoms with Gasteiger partial charge < -0.3 is 34.9 Å². The van der Waals surface area contributed by atoms with Crippen LogP contribution in [0.5, 0.6) is 11.6 Å². The van der Waals surface area contributed by atoms with E-state index >= 15 is 0 Å². The number of methoxy groups -OCH3 is 1. The van der Waals surface area contributed by atoms with Gasteiger partial charge in [0.2, 0.25) is 6.41 Å². The third-order valence-electron chi connectivity index (χ3n) is 6.09. The summed E-state index contributed by atoms with van der Waals surface area (Å²) in [6, 6.07) is 0. The Bertz CT molecular complexity index is 1060. The number of fused-ring (bicyclic) bond motifs is 2. The summed E-state index contributed by atoms with van der Waals surface area (Å²) in [5.74, 6) is 1.83. The predicted molar refractivity (Wildman–Crippen MR) is 119 cm³/mol. The number of aliphatic hydroxyl groups excluding tert-OH is 1. The van der Waals surface area contributed by atoms with Gasteiger partial charge in [-0.3, -0.25) is 4.79 Å². The lowest BCUT2D eigenvalue weighted by Crippen LogP contribution is -2.32. The largest absolute Gasteiger partial charge is 0.495 e. The average molecular weight is 477 g/mol. The number of anilines is 2. The van der Waals surface area contributed by atoms with Crippen molar-refractivity contribution in [2.24, 2.45) is 5.92 Å². The van der Waals surface area contributed by atoms with Crippen molar-refractivity contribution in [2.45, 2.75) is 31.8 Å². The number of hydrogen-bond acceptors (Lipinski definition) is 10. The van der Waals surface area contributed by atoms with Crippen molar-refractivity contribution >= 4 is 29.1 Å². The van der Waals surface area contributed by atoms with Crippen molar-refractivity contribution < 1.29 is 24.1 Å². The highest BCUT2D eigenvalue weighted by atomic mass is 35.5. The number of amides is 1. The van der Waals surface area contributed by atoms with Gasteiger partial charge in [0.1, 0.15) is 10.9 Å². The Morgan fingerprint density at radius 2 is 2.18 bits per heavy atom. The minimum atomic E-state index is -1.13. The first kappa shape index (κ1) is 22.1. The summed E-state index contributed by atoms with van der Waals surface area (Å²) in [5, 5.41) is 17.0. The van der Waals surface area contributed by atoms with Crippen LogP contribution in [0.15, 0.2) is 12.4 Å². The molecular formula is C21H25ClN6O5. The first-order valence-corrected chi connectivity index (χ1v) is 11.2. The fraction of sp³-hybridized carbons (Fsp3) is 0.524. The van der Waals surface area contributed by atoms with Gasteiger partial charge in [-0.1, -0.05) is 11.6 Å². The molecule has 0 radical (unpaired) electrons. The third kappa shape index (κ3) is 4.54. The third-order valence-corrected chi connectivity index (χ3v) is 6.41. The minimum Gasteiger partial charge on any atom is -0.495 e. The molecule has 0 spiro atoms. The van der Waals surface area contributed by atoms with Crippen molar-refractivity contribution in [1.82, 2.24) is 20.3 Å². The van der Waals surface area contributed by atoms with Gasteiger partial charge in [0, 0.05) is 5.56 Å². The number of hydrogen-bond donors (Lipinski definition) is 3. The molecule has 1 fully saturated rings. The van der Waals surface area contributed by atoms with Crippen molar-refractivity contribution in [3.63, 3.8) is 0 Å². The molecule has 2 aromatic heterocycles. The molecule has 0 bridgehead atoms. The van der Waals surface area contributed by atoms with Gasteiger partial charge >= 0.3 is 0 Å². The zero-order chi connectivity index (χ0) is 22.9. The highest BCUT2D eigenvalue weighted by molar-refractivity contribution is 6.30. The number of aromatic nitrogens is 3. The average Bonchev–Trinajstić information content (AvgIpc) is 3.40. The Hall–Kier alpha value is -2.73. The topological polar surface area (TPSA) is 131 Å². The van der Waals surface area contributed by atoms with Gasteiger partial charge in [0.25, 0.3) is 11.8 Å². The molecule has 3 atom stereocenters. The Balaban J connectivity index is 1.10. The van der Waals surface area contributed by atoms with Crippen LogP contribution in [-0.4, -0.2) is 71.8 Å². The van der Waals surface area contributed by atoms with E-state index in [1.807, 2.05) is 0 Å². The fourth-order valence-corrected chi connectivity index (χ4v) is 4.71. The summed E-state index contributed by atoms with van der Waals surface area (Å²) in [5.41, 5.74) is 2.23. The maximum Gasteiger partial charge on any atom is 0.263 e. The molecule has 12 heteroatoms. The smallest absolute Gasteiger partial charge is 0.263 e. The molecule has 3 aliphatic rings. The van der Waals surface area contributed by atoms with Crippen molar-refractivity contribution in [2.75, 3.05) is 43.6 Å². The molecule has 1 aliphatic carbocycles. The normalized spacial score (nSPS) is 23.7. The quantitative estimate of drug-likeness (QED) is 0.388. The highest BCUT2D eigenvalue weighted by Gasteiger charge is 2.33. The minimum absolute atomic E-state index is 0.0873. The van der Waals surface area contributed by atoms with E-state index in [1.165, 1.54) is 6.20 Å². The van der Waals surface area contributed by atoms with Crippen molar-refractivity contribution in [1.29, 1.82) is 0 Å². The van der Waals surface area contributed by atoms with Crippen LogP contribution in [0.2, 0.25) is 5.15 Å². The summed E-state index contributed by atoms with van der Waals surface area (Å²) in [6.07, 6.45) is 4.36. The van der Waals surface area contributed by atoms with Crippen LogP contribution in [0.3, 0.4) is 0 Å². The first-order valence-electron chi connectivity index (χ1n) is 10.8. The van der Waals surface area contributed by atoms with Crippen LogP contribution in [0.25, 0.3) is 0 Å². The second kappa shape index (κ2) is 9.26. The first-order chi connectivity index (χ1) is 16.0. The Labute approximate surface area is 195 Å². The maximum atomic E-state index is 11.5. The summed E-state index contributed by atoms with van der Waals surface area (Å²) in [6.45, 7) is 1.94. The molecule has 3 N–H and O–H groups in total. The van der Waals surface area contributed by atoms with E-state index in [1.54, 1.807) is 18.2 Å². The number of ether oxygens (including phenoxy) is 3. The predicted octanol–water partition coefficient (Wildman–Crippen LogP) is 0.740. The summed E-state index contributed by atoms with van der Waals surface area (Å²) in [4.78, 5) is 25.8. The lowest BCUT2D eigenvalue weighted by atomic mass is 10.1. The van der Waals surface area contributed by atoms with E-state index in [4.69, 9.17) is 25.8 Å². The van der Waals surface area contributed by atoms with Crippen molar-refractivity contribution in [3.8, 4) is 11.6 Å². The van der Waals surface area contributed by atoms with Crippen LogP contribution in [-0.2, 0) is 22.4 Å². The number of carbonyl (C=O) groups is 1. The standard InChI is InChI=1S/C21H25ClN6O5/c1-31-15-7-24-18(22)14-5-11(4-13(14)15)6-23-3-2-12-9-28(21(30)33-12)16-8-25-20-19(26-16)27-17(29)10-32-20/h7-8,11-12,21,23,30H,2-6,9-10H2,1H3,(H,26,27,29). The number of rotatable bonds is 7. The van der Waals surface area contributed by atoms with Crippen LogP contribution in [0.1, 0.15) is 17.5 Å². The van der Waals surface area contributed by atoms with Crippen LogP contribution in [0, 0.1) is 5.92 Å². The van der Waals surface area contributed by atoms with Gasteiger partial charge in [-0.05, 0) is 43.8 Å². The number of aliphatic hydroxyl groups is 1. The number of nitrogens with one attached hydrogen (secondary N) is 2. The van der Waals surface area contributed by atoms with E-state index in [9.17, 15) is 9.90 Å². The monoisotopic (exact) mass is 476 g/mol. The van der Waals surface area contributed by atoms with Crippen LogP contribution >= 0.6 is 11.6 Å². The molecular weight excluding hydrogens is 452 g/mol. The van der Waals surface area contributed by atoms with Gasteiger partial charge in [-0.25, -0.2) is 15.0 Å². The molecule has 11 nitrogen and oxygen atoms in total. The Morgan fingerprint density at radius 3 is 3.03 bits per heavy atom. The number of nitrogens with zero attached hydrogens (tertiary/aromatic N) is 4. The summed E-state index contributed by atoms with van der Waals surface area (Å²) in [7, 11) is 1.65. The van der Waals surface area contributed by atoms with Gasteiger partial charge in [0.05, 0.1) is 32.2 Å². The molecule has 33 heavy (non-hydrogen) atoms. The molecule has 1 saturated heterocycles. The van der Waals surface area contributed by atoms with Crippen molar-refractivity contribution in [3.05, 3.63) is 28.7 Å². The number of halogens is 1. The lowest BCUT2D eigenvalue weighted by Gasteiger charge is -2.21. The van der Waals surface area contributed by atoms with Crippen LogP contribution in [0.4, 0.5) is 11.6 Å². The van der Waals surface area contributed by atoms with Gasteiger partial charge in [-0.2, -0.15) is 0 Å². The zero-order valence-electron chi connectivity index (χ0n) is 18.1. The van der Waals surface area contributed by atoms with E-state index in [0.717, 1.165) is 49.2 Å². The number of pyridine rings is 1. The highest BCUT2D eigenvalue weighted by Crippen LogP contribution is 2.36. The van der Waals surface area contributed by atoms with E-state index in [2.05, 4.69) is 25.6 Å². The lowest BCUT2D eigenvalue weighted by molar-refractivity contribution is -0.118. The second-order valence-corrected chi connectivity index (χ2v) is 8.66. The van der Waals surface area contributed by atoms with E-state index in [-0.39, 0.29) is 30.3 Å². The fourth-order valence-electron chi connectivity index (χ4n) is 4.47. The molecule has 0 saturated carbocycles. The van der Waals surface area contributed by atoms with E-state index < -0.39 is 6.41 Å². The molecule has 3 unspecified atom stereocenters. The number of carbonyl (C=O) groups excluding carboxylic acids is 1. The molecule has 176 valence electrons. The summed E-state index contributed by atoms with van der Waals surface area (Å²) >= 11 is 6.27. The Morgan fingerprint density at radius 1 is 1.33 bits per heavy atom. The molecule has 0 aromatic carbocycles. The molecule has 4 heterocycles. The van der Waals surface area contributed by atoms with Gasteiger partial charge in [-0.15, -0.1) is 0 Å². The SMILES string of the molecule is COc1cnc(Cl)c2c1CC(CNCCC1CN(c3cnc4c(n3)NC(=O)CO4)C(O)O1)C2. The molecule has 2 aromatic rings. The molecule has 1 amide bonds. The van der Waals surface area contributed by atoms with Crippen LogP contribution < -0.4 is 25.0 Å². The molecule has 2 aliphatic heterocycles. The van der Waals surface area contributed by atoms with E-state index in [0.29, 0.717) is 23.4 Å². The summed E-state index contributed by atoms with van der Waals surface area (Å²) < 4.78 is 16.3.